The summed E-state index contributed by atoms with van der Waals surface area (Å²) in [4.78, 5) is 27.5. The van der Waals surface area contributed by atoms with Gasteiger partial charge >= 0.3 is 0 Å². The summed E-state index contributed by atoms with van der Waals surface area (Å²) < 4.78 is 5.89. The first-order chi connectivity index (χ1) is 15.0. The molecule has 3 aromatic carbocycles. The van der Waals surface area contributed by atoms with Crippen molar-refractivity contribution in [3.8, 4) is 5.75 Å². The summed E-state index contributed by atoms with van der Waals surface area (Å²) >= 11 is 0. The first-order valence-corrected chi connectivity index (χ1v) is 10.2. The number of carbonyl (C=O) groups is 2. The largest absolute Gasteiger partial charge is 0.449 e. The lowest BCUT2D eigenvalue weighted by Crippen LogP contribution is -2.44. The third kappa shape index (κ3) is 4.67. The van der Waals surface area contributed by atoms with E-state index in [2.05, 4.69) is 5.32 Å². The minimum atomic E-state index is -0.345. The second kappa shape index (κ2) is 8.88. The molecular formula is C26H24N2O3. The smallest absolute Gasteiger partial charge is 0.294 e. The molecule has 0 aromatic heterocycles. The summed E-state index contributed by atoms with van der Waals surface area (Å²) in [7, 11) is 0. The molecule has 0 saturated carbocycles. The minimum absolute atomic E-state index is 0.0957. The monoisotopic (exact) mass is 412 g/mol. The Labute approximate surface area is 182 Å². The highest BCUT2D eigenvalue weighted by molar-refractivity contribution is 6.12. The molecule has 156 valence electrons. The van der Waals surface area contributed by atoms with Crippen molar-refractivity contribution < 1.29 is 14.3 Å². The van der Waals surface area contributed by atoms with E-state index < -0.39 is 0 Å². The second-order valence-electron chi connectivity index (χ2n) is 7.58. The number of nitrogens with zero attached hydrogens (tertiary/aromatic N) is 1. The van der Waals surface area contributed by atoms with Crippen LogP contribution in [0.4, 0.5) is 5.69 Å². The van der Waals surface area contributed by atoms with Crippen molar-refractivity contribution in [1.82, 2.24) is 5.32 Å². The molecule has 0 unspecified atom stereocenters. The number of rotatable bonds is 5. The number of ether oxygens (including phenoxy) is 1. The van der Waals surface area contributed by atoms with E-state index in [1.54, 1.807) is 18.2 Å². The second-order valence-corrected chi connectivity index (χ2v) is 7.58. The zero-order chi connectivity index (χ0) is 21.8. The van der Waals surface area contributed by atoms with Crippen LogP contribution in [0.25, 0.3) is 6.08 Å². The number of fused-ring (bicyclic) bond motifs is 1. The molecule has 1 aliphatic rings. The number of benzene rings is 3. The summed E-state index contributed by atoms with van der Waals surface area (Å²) in [5, 5.41) is 2.97. The number of amides is 2. The van der Waals surface area contributed by atoms with Crippen molar-refractivity contribution in [2.75, 3.05) is 11.4 Å². The maximum atomic E-state index is 13.2. The van der Waals surface area contributed by atoms with Crippen molar-refractivity contribution in [2.24, 2.45) is 0 Å². The molecule has 4 rings (SSSR count). The van der Waals surface area contributed by atoms with Crippen LogP contribution in [0, 0.1) is 6.92 Å². The van der Waals surface area contributed by atoms with E-state index in [0.717, 1.165) is 16.7 Å². The standard InChI is InChI=1S/C26H24N2O3/c1-18-9-8-10-20(15-18)16-24-26(30)28(22-13-6-7-14-23(22)31-24)17-25(29)27-19(2)21-11-4-3-5-12-21/h3-16,19H,17H2,1-2H3,(H,27,29)/b24-16+/t19-/m0/s1. The highest BCUT2D eigenvalue weighted by Crippen LogP contribution is 2.35. The molecule has 0 radical (unpaired) electrons. The maximum absolute atomic E-state index is 13.2. The summed E-state index contributed by atoms with van der Waals surface area (Å²) in [6.45, 7) is 3.82. The van der Waals surface area contributed by atoms with Crippen molar-refractivity contribution in [1.29, 1.82) is 0 Å². The van der Waals surface area contributed by atoms with Crippen LogP contribution in [0.15, 0.2) is 84.6 Å². The SMILES string of the molecule is Cc1cccc(/C=C2/Oc3ccccc3N(CC(=O)N[C@@H](C)c3ccccc3)C2=O)c1. The normalized spacial score (nSPS) is 15.2. The Morgan fingerprint density at radius 3 is 2.55 bits per heavy atom. The van der Waals surface area contributed by atoms with Crippen LogP contribution < -0.4 is 15.0 Å². The van der Waals surface area contributed by atoms with Crippen molar-refractivity contribution in [2.45, 2.75) is 19.9 Å². The van der Waals surface area contributed by atoms with Gasteiger partial charge in [0.15, 0.2) is 11.5 Å². The molecular weight excluding hydrogens is 388 g/mol. The van der Waals surface area contributed by atoms with E-state index in [9.17, 15) is 9.59 Å². The van der Waals surface area contributed by atoms with Crippen LogP contribution >= 0.6 is 0 Å². The number of hydrogen-bond acceptors (Lipinski definition) is 3. The first kappa shape index (κ1) is 20.4. The van der Waals surface area contributed by atoms with Crippen LogP contribution in [0.3, 0.4) is 0 Å². The van der Waals surface area contributed by atoms with Gasteiger partial charge in [-0.15, -0.1) is 0 Å². The number of hydrogen-bond donors (Lipinski definition) is 1. The van der Waals surface area contributed by atoms with Gasteiger partial charge in [-0.25, -0.2) is 0 Å². The number of aryl methyl sites for hydroxylation is 1. The molecule has 0 spiro atoms. The molecule has 0 fully saturated rings. The van der Waals surface area contributed by atoms with Crippen LogP contribution in [0.2, 0.25) is 0 Å². The van der Waals surface area contributed by atoms with E-state index in [1.807, 2.05) is 80.6 Å². The predicted octanol–water partition coefficient (Wildman–Crippen LogP) is 4.64. The van der Waals surface area contributed by atoms with E-state index in [4.69, 9.17) is 4.74 Å². The Morgan fingerprint density at radius 1 is 1.03 bits per heavy atom. The van der Waals surface area contributed by atoms with Gasteiger partial charge in [0, 0.05) is 0 Å². The number of nitrogens with one attached hydrogen (secondary N) is 1. The average Bonchev–Trinajstić information content (AvgIpc) is 2.77. The van der Waals surface area contributed by atoms with E-state index in [1.165, 1.54) is 4.90 Å². The van der Waals surface area contributed by atoms with Gasteiger partial charge in [-0.05, 0) is 43.2 Å². The van der Waals surface area contributed by atoms with E-state index in [0.29, 0.717) is 11.4 Å². The van der Waals surface area contributed by atoms with Crippen LogP contribution in [-0.4, -0.2) is 18.4 Å². The zero-order valence-electron chi connectivity index (χ0n) is 17.5. The van der Waals surface area contributed by atoms with Crippen molar-refractivity contribution in [3.63, 3.8) is 0 Å². The fourth-order valence-corrected chi connectivity index (χ4v) is 3.59. The van der Waals surface area contributed by atoms with Crippen LogP contribution in [0.1, 0.15) is 29.7 Å². The lowest BCUT2D eigenvalue weighted by atomic mass is 10.1. The predicted molar refractivity (Wildman–Crippen MR) is 122 cm³/mol. The minimum Gasteiger partial charge on any atom is -0.449 e. The highest BCUT2D eigenvalue weighted by atomic mass is 16.5. The summed E-state index contributed by atoms with van der Waals surface area (Å²) in [6.07, 6.45) is 1.71. The number of para-hydroxylation sites is 2. The quantitative estimate of drug-likeness (QED) is 0.621. The molecule has 2 amide bonds. The topological polar surface area (TPSA) is 58.6 Å². The summed E-state index contributed by atoms with van der Waals surface area (Å²) in [5.41, 5.74) is 3.54. The third-order valence-corrected chi connectivity index (χ3v) is 5.15. The molecule has 0 saturated heterocycles. The lowest BCUT2D eigenvalue weighted by Gasteiger charge is -2.30. The summed E-state index contributed by atoms with van der Waals surface area (Å²) in [6, 6.07) is 24.6. The van der Waals surface area contributed by atoms with Crippen LogP contribution in [0.5, 0.6) is 5.75 Å². The molecule has 0 bridgehead atoms. The molecule has 31 heavy (non-hydrogen) atoms. The Bertz CT molecular complexity index is 1140. The number of carbonyl (C=O) groups excluding carboxylic acids is 2. The Morgan fingerprint density at radius 2 is 1.77 bits per heavy atom. The van der Waals surface area contributed by atoms with E-state index in [-0.39, 0.29) is 30.2 Å². The molecule has 5 heteroatoms. The van der Waals surface area contributed by atoms with Crippen LogP contribution in [-0.2, 0) is 9.59 Å². The van der Waals surface area contributed by atoms with Gasteiger partial charge in [0.05, 0.1) is 11.7 Å². The van der Waals surface area contributed by atoms with Gasteiger partial charge in [0.1, 0.15) is 6.54 Å². The Kier molecular flexibility index (Phi) is 5.85. The third-order valence-electron chi connectivity index (χ3n) is 5.15. The average molecular weight is 412 g/mol. The van der Waals surface area contributed by atoms with Gasteiger partial charge in [0.25, 0.3) is 5.91 Å². The van der Waals surface area contributed by atoms with Gasteiger partial charge in [-0.2, -0.15) is 0 Å². The molecule has 5 nitrogen and oxygen atoms in total. The van der Waals surface area contributed by atoms with Gasteiger partial charge in [-0.1, -0.05) is 72.3 Å². The van der Waals surface area contributed by atoms with Crippen molar-refractivity contribution in [3.05, 3.63) is 101 Å². The fraction of sp³-hybridized carbons (Fsp3) is 0.154. The Hall–Kier alpha value is -3.86. The molecule has 1 atom stereocenters. The lowest BCUT2D eigenvalue weighted by molar-refractivity contribution is -0.123. The molecule has 1 aliphatic heterocycles. The molecule has 3 aromatic rings. The zero-order valence-corrected chi connectivity index (χ0v) is 17.5. The van der Waals surface area contributed by atoms with E-state index >= 15 is 0 Å². The molecule has 1 N–H and O–H groups in total. The van der Waals surface area contributed by atoms with Gasteiger partial charge < -0.3 is 10.1 Å². The highest BCUT2D eigenvalue weighted by Gasteiger charge is 2.31. The van der Waals surface area contributed by atoms with Crippen molar-refractivity contribution >= 4 is 23.6 Å². The molecule has 0 aliphatic carbocycles. The first-order valence-electron chi connectivity index (χ1n) is 10.2. The maximum Gasteiger partial charge on any atom is 0.294 e. The number of anilines is 1. The van der Waals surface area contributed by atoms with Gasteiger partial charge in [-0.3, -0.25) is 14.5 Å². The van der Waals surface area contributed by atoms with Gasteiger partial charge in [0.2, 0.25) is 5.91 Å². The fourth-order valence-electron chi connectivity index (χ4n) is 3.59. The summed E-state index contributed by atoms with van der Waals surface area (Å²) in [5.74, 6) is 0.150. The Balaban J connectivity index is 1.58. The molecule has 1 heterocycles.